The third kappa shape index (κ3) is 10.1. The number of hydrogen-bond donors (Lipinski definition) is 0. The molecule has 0 aromatic rings. The zero-order valence-corrected chi connectivity index (χ0v) is 17.7. The quantitative estimate of drug-likeness (QED) is 0.209. The lowest BCUT2D eigenvalue weighted by atomic mass is 10.1. The predicted octanol–water partition coefficient (Wildman–Crippen LogP) is 8.39. The van der Waals surface area contributed by atoms with Gasteiger partial charge in [-0.15, -0.1) is 0 Å². The summed E-state index contributed by atoms with van der Waals surface area (Å²) in [5.41, 5.74) is 3.06. The van der Waals surface area contributed by atoms with Crippen LogP contribution in [0, 0.1) is 0 Å². The minimum atomic E-state index is -0.219. The van der Waals surface area contributed by atoms with Crippen LogP contribution in [-0.2, 0) is 0 Å². The lowest BCUT2D eigenvalue weighted by Gasteiger charge is -2.33. The van der Waals surface area contributed by atoms with E-state index in [-0.39, 0.29) is 8.80 Å². The molecule has 3 unspecified atom stereocenters. The first-order valence-electron chi connectivity index (χ1n) is 10.4. The van der Waals surface area contributed by atoms with Crippen LogP contribution >= 0.6 is 0 Å². The second-order valence-electron chi connectivity index (χ2n) is 7.69. The summed E-state index contributed by atoms with van der Waals surface area (Å²) in [6, 6.07) is 0. The lowest BCUT2D eigenvalue weighted by Crippen LogP contribution is -2.29. The Morgan fingerprint density at radius 1 is 0.500 bits per heavy atom. The van der Waals surface area contributed by atoms with E-state index in [1.807, 2.05) is 0 Å². The zero-order valence-electron chi connectivity index (χ0n) is 16.7. The topological polar surface area (TPSA) is 0 Å². The minimum absolute atomic E-state index is 0.219. The van der Waals surface area contributed by atoms with E-state index in [4.69, 9.17) is 0 Å². The first-order chi connectivity index (χ1) is 10.6. The van der Waals surface area contributed by atoms with Gasteiger partial charge in [-0.25, -0.2) is 0 Å². The number of unbranched alkanes of at least 4 members (excludes halogenated alkanes) is 6. The van der Waals surface area contributed by atoms with Crippen LogP contribution in [0.25, 0.3) is 0 Å². The Labute approximate surface area is 144 Å². The molecule has 0 heterocycles. The molecule has 0 aliphatic rings. The van der Waals surface area contributed by atoms with Gasteiger partial charge in [-0.2, -0.15) is 0 Å². The maximum Gasteiger partial charge on any atom is 0.0570 e. The van der Waals surface area contributed by atoms with E-state index in [9.17, 15) is 0 Å². The summed E-state index contributed by atoms with van der Waals surface area (Å²) in [4.78, 5) is 0. The molecule has 1 heteroatoms. The molecule has 0 rings (SSSR count). The third-order valence-corrected chi connectivity index (χ3v) is 9.71. The molecule has 0 nitrogen and oxygen atoms in total. The van der Waals surface area contributed by atoms with Crippen molar-refractivity contribution in [2.75, 3.05) is 0 Å². The first-order valence-corrected chi connectivity index (χ1v) is 12.2. The summed E-state index contributed by atoms with van der Waals surface area (Å²) in [7, 11) is -0.219. The van der Waals surface area contributed by atoms with Crippen molar-refractivity contribution in [3.63, 3.8) is 0 Å². The molecule has 0 fully saturated rings. The summed E-state index contributed by atoms with van der Waals surface area (Å²) < 4.78 is 0. The van der Waals surface area contributed by atoms with Gasteiger partial charge >= 0.3 is 0 Å². The van der Waals surface area contributed by atoms with Crippen molar-refractivity contribution in [3.8, 4) is 0 Å². The van der Waals surface area contributed by atoms with Gasteiger partial charge in [-0.3, -0.25) is 0 Å². The van der Waals surface area contributed by atoms with Crippen LogP contribution in [0.5, 0.6) is 0 Å². The minimum Gasteiger partial charge on any atom is -0.0654 e. The van der Waals surface area contributed by atoms with Crippen molar-refractivity contribution >= 4 is 8.80 Å². The number of rotatable bonds is 15. The Morgan fingerprint density at radius 3 is 1.00 bits per heavy atom. The number of hydrogen-bond acceptors (Lipinski definition) is 0. The molecular weight excluding hydrogens is 280 g/mol. The summed E-state index contributed by atoms with van der Waals surface area (Å²) in [6.07, 6.45) is 17.3. The molecule has 0 N–H and O–H groups in total. The van der Waals surface area contributed by atoms with Gasteiger partial charge in [0.25, 0.3) is 0 Å². The van der Waals surface area contributed by atoms with Crippen molar-refractivity contribution in [1.29, 1.82) is 0 Å². The van der Waals surface area contributed by atoms with E-state index >= 15 is 0 Å². The van der Waals surface area contributed by atoms with E-state index in [0.29, 0.717) is 0 Å². The molecule has 0 saturated carbocycles. The van der Waals surface area contributed by atoms with Crippen molar-refractivity contribution in [2.24, 2.45) is 0 Å². The Morgan fingerprint density at radius 2 is 0.773 bits per heavy atom. The molecule has 1 radical (unpaired) electrons. The lowest BCUT2D eigenvalue weighted by molar-refractivity contribution is 0.587. The second kappa shape index (κ2) is 14.8. The highest BCUT2D eigenvalue weighted by molar-refractivity contribution is 6.63. The Balaban J connectivity index is 4.50. The smallest absolute Gasteiger partial charge is 0.0570 e. The summed E-state index contributed by atoms with van der Waals surface area (Å²) in [5, 5.41) is 0. The molecule has 133 valence electrons. The zero-order chi connectivity index (χ0) is 16.8. The van der Waals surface area contributed by atoms with Gasteiger partial charge in [0.05, 0.1) is 8.80 Å². The molecular formula is C21H45Si. The van der Waals surface area contributed by atoms with Gasteiger partial charge in [0.2, 0.25) is 0 Å². The van der Waals surface area contributed by atoms with Crippen LogP contribution < -0.4 is 0 Å². The summed E-state index contributed by atoms with van der Waals surface area (Å²) >= 11 is 0. The van der Waals surface area contributed by atoms with E-state index in [1.165, 1.54) is 77.0 Å². The van der Waals surface area contributed by atoms with Crippen LogP contribution in [0.1, 0.15) is 119 Å². The molecule has 22 heavy (non-hydrogen) atoms. The molecule has 3 atom stereocenters. The van der Waals surface area contributed by atoms with Crippen molar-refractivity contribution in [1.82, 2.24) is 0 Å². The van der Waals surface area contributed by atoms with Gasteiger partial charge < -0.3 is 0 Å². The van der Waals surface area contributed by atoms with E-state index in [0.717, 1.165) is 16.6 Å². The van der Waals surface area contributed by atoms with Gasteiger partial charge in [0.15, 0.2) is 0 Å². The molecule has 0 aliphatic heterocycles. The Kier molecular flexibility index (Phi) is 14.9. The average Bonchev–Trinajstić information content (AvgIpc) is 2.48. The fraction of sp³-hybridized carbons (Fsp3) is 1.00. The first kappa shape index (κ1) is 22.2. The normalized spacial score (nSPS) is 16.0. The van der Waals surface area contributed by atoms with E-state index in [1.54, 1.807) is 0 Å². The molecule has 0 saturated heterocycles. The third-order valence-electron chi connectivity index (χ3n) is 5.43. The van der Waals surface area contributed by atoms with Gasteiger partial charge in [0, 0.05) is 0 Å². The standard InChI is InChI=1S/C21H45Si/c1-7-10-13-16-19(4)22(20(5)17-14-11-8-2)21(6)18-15-12-9-3/h19-21H,7-18H2,1-6H3. The van der Waals surface area contributed by atoms with Crippen LogP contribution in [0.15, 0.2) is 0 Å². The predicted molar refractivity (Wildman–Crippen MR) is 106 cm³/mol. The van der Waals surface area contributed by atoms with Crippen molar-refractivity contribution < 1.29 is 0 Å². The van der Waals surface area contributed by atoms with Crippen LogP contribution in [0.3, 0.4) is 0 Å². The molecule has 0 aliphatic carbocycles. The Hall–Kier alpha value is 0.217. The monoisotopic (exact) mass is 325 g/mol. The van der Waals surface area contributed by atoms with Gasteiger partial charge in [-0.1, -0.05) is 119 Å². The van der Waals surface area contributed by atoms with E-state index in [2.05, 4.69) is 41.5 Å². The van der Waals surface area contributed by atoms with Crippen molar-refractivity contribution in [2.45, 2.75) is 135 Å². The Bertz CT molecular complexity index is 188. The second-order valence-corrected chi connectivity index (χ2v) is 11.6. The molecule has 0 spiro atoms. The van der Waals surface area contributed by atoms with Crippen LogP contribution in [0.4, 0.5) is 0 Å². The highest BCUT2D eigenvalue weighted by Crippen LogP contribution is 2.38. The van der Waals surface area contributed by atoms with Crippen LogP contribution in [-0.4, -0.2) is 8.80 Å². The molecule has 0 aromatic heterocycles. The van der Waals surface area contributed by atoms with Crippen molar-refractivity contribution in [3.05, 3.63) is 0 Å². The largest absolute Gasteiger partial charge is 0.0654 e. The van der Waals surface area contributed by atoms with E-state index < -0.39 is 0 Å². The van der Waals surface area contributed by atoms with Gasteiger partial charge in [0.1, 0.15) is 0 Å². The van der Waals surface area contributed by atoms with Gasteiger partial charge in [-0.05, 0) is 16.6 Å². The molecule has 0 amide bonds. The van der Waals surface area contributed by atoms with Crippen LogP contribution in [0.2, 0.25) is 16.6 Å². The summed E-state index contributed by atoms with van der Waals surface area (Å²) in [6.45, 7) is 14.8. The highest BCUT2D eigenvalue weighted by atomic mass is 28.3. The fourth-order valence-corrected chi connectivity index (χ4v) is 8.59. The maximum absolute atomic E-state index is 2.59. The SMILES string of the molecule is CCCCCC(C)[Si](C(C)CCCCC)C(C)CCCCC. The average molecular weight is 326 g/mol. The maximum atomic E-state index is 2.59. The molecule has 0 aromatic carbocycles. The molecule has 0 bridgehead atoms. The summed E-state index contributed by atoms with van der Waals surface area (Å²) in [5.74, 6) is 0. The highest BCUT2D eigenvalue weighted by Gasteiger charge is 2.29. The fourth-order valence-electron chi connectivity index (χ4n) is 4.06.